The number of aromatic hydroxyl groups is 1. The minimum Gasteiger partial charge on any atom is -0.506 e. The van der Waals surface area contributed by atoms with E-state index in [0.29, 0.717) is 12.2 Å². The van der Waals surface area contributed by atoms with Crippen LogP contribution in [0.15, 0.2) is 16.9 Å². The van der Waals surface area contributed by atoms with Crippen molar-refractivity contribution in [3.8, 4) is 11.4 Å². The minimum absolute atomic E-state index is 0.126. The molecule has 1 aromatic heterocycles. The number of aryl methyl sites for hydroxylation is 1. The van der Waals surface area contributed by atoms with Crippen LogP contribution in [0.3, 0.4) is 0 Å². The highest BCUT2D eigenvalue weighted by atomic mass is 35.5. The molecule has 0 bridgehead atoms. The quantitative estimate of drug-likeness (QED) is 0.879. The number of halogens is 2. The Labute approximate surface area is 119 Å². The molecule has 1 aliphatic heterocycles. The molecule has 0 spiro atoms. The molecule has 1 aromatic carbocycles. The average molecular weight is 300 g/mol. The zero-order valence-corrected chi connectivity index (χ0v) is 11.4. The van der Waals surface area contributed by atoms with Crippen LogP contribution in [0.1, 0.15) is 18.7 Å². The number of benzene rings is 1. The second-order valence-corrected chi connectivity index (χ2v) is 5.29. The first-order chi connectivity index (χ1) is 9.08. The molecule has 0 amide bonds. The van der Waals surface area contributed by atoms with Crippen molar-refractivity contribution in [1.29, 1.82) is 0 Å². The third-order valence-electron chi connectivity index (χ3n) is 3.22. The molecular formula is C12H11Cl2N3O2. The van der Waals surface area contributed by atoms with Crippen LogP contribution in [0.2, 0.25) is 10.0 Å². The topological polar surface area (TPSA) is 60.1 Å². The van der Waals surface area contributed by atoms with E-state index in [9.17, 15) is 9.90 Å². The van der Waals surface area contributed by atoms with Crippen LogP contribution in [0.5, 0.6) is 5.75 Å². The molecule has 0 aliphatic carbocycles. The van der Waals surface area contributed by atoms with Gasteiger partial charge in [0.15, 0.2) is 0 Å². The van der Waals surface area contributed by atoms with E-state index in [4.69, 9.17) is 23.2 Å². The first-order valence-corrected chi connectivity index (χ1v) is 6.70. The molecule has 1 N–H and O–H groups in total. The number of hydrogen-bond donors (Lipinski definition) is 1. The molecule has 2 heterocycles. The second kappa shape index (κ2) is 4.58. The van der Waals surface area contributed by atoms with Crippen LogP contribution in [0.25, 0.3) is 5.69 Å². The molecule has 2 aromatic rings. The molecule has 0 saturated carbocycles. The lowest BCUT2D eigenvalue weighted by Gasteiger charge is -2.09. The number of nitrogens with zero attached hydrogens (tertiary/aromatic N) is 3. The van der Waals surface area contributed by atoms with Gasteiger partial charge in [-0.15, -0.1) is 5.10 Å². The van der Waals surface area contributed by atoms with Gasteiger partial charge in [0, 0.05) is 19.0 Å². The van der Waals surface area contributed by atoms with Gasteiger partial charge in [-0.1, -0.05) is 23.2 Å². The van der Waals surface area contributed by atoms with Crippen molar-refractivity contribution in [2.45, 2.75) is 25.8 Å². The minimum atomic E-state index is -0.238. The van der Waals surface area contributed by atoms with E-state index in [1.807, 2.05) is 0 Å². The number of aromatic nitrogens is 3. The summed E-state index contributed by atoms with van der Waals surface area (Å²) >= 11 is 11.8. The summed E-state index contributed by atoms with van der Waals surface area (Å²) in [6.07, 6.45) is 2.77. The van der Waals surface area contributed by atoms with Crippen molar-refractivity contribution in [2.24, 2.45) is 0 Å². The first-order valence-electron chi connectivity index (χ1n) is 5.95. The van der Waals surface area contributed by atoms with Gasteiger partial charge in [-0.05, 0) is 18.9 Å². The molecule has 0 unspecified atom stereocenters. The van der Waals surface area contributed by atoms with Crippen LogP contribution >= 0.6 is 23.2 Å². The number of phenols is 1. The standard InChI is InChI=1S/C12H11Cl2N3O2/c13-7-5-8(14)10(18)6-9(7)17-12(19)16-4-2-1-3-11(16)15-17/h5-6,18H,1-4H2. The smallest absolute Gasteiger partial charge is 0.350 e. The van der Waals surface area contributed by atoms with Crippen LogP contribution in [0.4, 0.5) is 0 Å². The number of rotatable bonds is 1. The summed E-state index contributed by atoms with van der Waals surface area (Å²) in [4.78, 5) is 12.3. The predicted octanol–water partition coefficient (Wildman–Crippen LogP) is 2.38. The zero-order valence-electron chi connectivity index (χ0n) is 9.94. The van der Waals surface area contributed by atoms with Crippen molar-refractivity contribution in [2.75, 3.05) is 0 Å². The lowest BCUT2D eigenvalue weighted by Crippen LogP contribution is -2.26. The average Bonchev–Trinajstić information content (AvgIpc) is 2.72. The molecule has 5 nitrogen and oxygen atoms in total. The lowest BCUT2D eigenvalue weighted by atomic mass is 10.2. The van der Waals surface area contributed by atoms with Gasteiger partial charge in [-0.3, -0.25) is 4.57 Å². The Morgan fingerprint density at radius 3 is 2.74 bits per heavy atom. The van der Waals surface area contributed by atoms with Gasteiger partial charge >= 0.3 is 5.69 Å². The maximum atomic E-state index is 12.3. The van der Waals surface area contributed by atoms with Crippen molar-refractivity contribution < 1.29 is 5.11 Å². The van der Waals surface area contributed by atoms with Crippen LogP contribution < -0.4 is 5.69 Å². The monoisotopic (exact) mass is 299 g/mol. The van der Waals surface area contributed by atoms with E-state index in [-0.39, 0.29) is 21.5 Å². The van der Waals surface area contributed by atoms with Gasteiger partial charge < -0.3 is 5.11 Å². The Kier molecular flexibility index (Phi) is 3.03. The fourth-order valence-corrected chi connectivity index (χ4v) is 2.71. The first kappa shape index (κ1) is 12.6. The largest absolute Gasteiger partial charge is 0.506 e. The summed E-state index contributed by atoms with van der Waals surface area (Å²) in [7, 11) is 0. The van der Waals surface area contributed by atoms with E-state index >= 15 is 0 Å². The van der Waals surface area contributed by atoms with E-state index in [0.717, 1.165) is 25.1 Å². The third kappa shape index (κ3) is 2.03. The van der Waals surface area contributed by atoms with Crippen LogP contribution in [-0.2, 0) is 13.0 Å². The fraction of sp³-hybridized carbons (Fsp3) is 0.333. The molecule has 0 radical (unpaired) electrons. The van der Waals surface area contributed by atoms with Crippen LogP contribution in [0, 0.1) is 0 Å². The molecular weight excluding hydrogens is 289 g/mol. The number of phenolic OH excluding ortho intramolecular Hbond substituents is 1. The van der Waals surface area contributed by atoms with Gasteiger partial charge in [0.1, 0.15) is 11.6 Å². The van der Waals surface area contributed by atoms with Crippen LogP contribution in [-0.4, -0.2) is 19.5 Å². The molecule has 0 fully saturated rings. The van der Waals surface area contributed by atoms with Gasteiger partial charge in [0.2, 0.25) is 0 Å². The number of fused-ring (bicyclic) bond motifs is 1. The molecule has 1 aliphatic rings. The molecule has 19 heavy (non-hydrogen) atoms. The Balaban J connectivity index is 2.20. The molecule has 3 rings (SSSR count). The predicted molar refractivity (Wildman–Crippen MR) is 72.4 cm³/mol. The zero-order chi connectivity index (χ0) is 13.6. The SMILES string of the molecule is O=c1n(-c2cc(O)c(Cl)cc2Cl)nc2n1CCCC2. The summed E-state index contributed by atoms with van der Waals surface area (Å²) in [5.41, 5.74) is 0.105. The number of hydrogen-bond acceptors (Lipinski definition) is 3. The summed E-state index contributed by atoms with van der Waals surface area (Å²) in [5, 5.41) is 14.3. The second-order valence-electron chi connectivity index (χ2n) is 4.47. The third-order valence-corrected chi connectivity index (χ3v) is 3.82. The van der Waals surface area contributed by atoms with Gasteiger partial charge in [0.25, 0.3) is 0 Å². The summed E-state index contributed by atoms with van der Waals surface area (Å²) in [5.74, 6) is 0.626. The highest BCUT2D eigenvalue weighted by Crippen LogP contribution is 2.31. The van der Waals surface area contributed by atoms with E-state index < -0.39 is 0 Å². The summed E-state index contributed by atoms with van der Waals surface area (Å²) in [6.45, 7) is 0.672. The Morgan fingerprint density at radius 2 is 2.00 bits per heavy atom. The molecule has 0 saturated heterocycles. The Bertz CT molecular complexity index is 706. The van der Waals surface area contributed by atoms with Crippen molar-refractivity contribution in [3.63, 3.8) is 0 Å². The normalized spacial score (nSPS) is 14.4. The molecule has 0 atom stereocenters. The summed E-state index contributed by atoms with van der Waals surface area (Å²) in [6, 6.07) is 2.75. The van der Waals surface area contributed by atoms with Crippen molar-refractivity contribution in [3.05, 3.63) is 38.5 Å². The van der Waals surface area contributed by atoms with Gasteiger partial charge in [-0.25, -0.2) is 4.79 Å². The maximum Gasteiger partial charge on any atom is 0.350 e. The fourth-order valence-electron chi connectivity index (χ4n) is 2.25. The van der Waals surface area contributed by atoms with E-state index in [1.165, 1.54) is 16.8 Å². The van der Waals surface area contributed by atoms with E-state index in [1.54, 1.807) is 4.57 Å². The van der Waals surface area contributed by atoms with E-state index in [2.05, 4.69) is 5.10 Å². The lowest BCUT2D eigenvalue weighted by molar-refractivity contribution is 0.475. The van der Waals surface area contributed by atoms with Crippen molar-refractivity contribution >= 4 is 23.2 Å². The molecule has 7 heteroatoms. The summed E-state index contributed by atoms with van der Waals surface area (Å²) < 4.78 is 2.87. The van der Waals surface area contributed by atoms with Gasteiger partial charge in [-0.2, -0.15) is 4.68 Å². The Hall–Kier alpha value is -1.46. The Morgan fingerprint density at radius 1 is 1.21 bits per heavy atom. The van der Waals surface area contributed by atoms with Crippen molar-refractivity contribution in [1.82, 2.24) is 14.3 Å². The maximum absolute atomic E-state index is 12.3. The highest BCUT2D eigenvalue weighted by Gasteiger charge is 2.19. The highest BCUT2D eigenvalue weighted by molar-refractivity contribution is 6.36. The molecule has 100 valence electrons. The van der Waals surface area contributed by atoms with Gasteiger partial charge in [0.05, 0.1) is 15.7 Å².